The molecule has 0 fully saturated rings. The Hall–Kier alpha value is -2.30. The third-order valence-electron chi connectivity index (χ3n) is 2.96. The maximum atomic E-state index is 12.3. The highest BCUT2D eigenvalue weighted by Crippen LogP contribution is 2.25. The van der Waals surface area contributed by atoms with Crippen molar-refractivity contribution in [3.63, 3.8) is 0 Å². The summed E-state index contributed by atoms with van der Waals surface area (Å²) in [5.41, 5.74) is 1.69. The number of anilines is 1. The lowest BCUT2D eigenvalue weighted by Gasteiger charge is -2.23. The Morgan fingerprint density at radius 2 is 2.26 bits per heavy atom. The van der Waals surface area contributed by atoms with E-state index in [2.05, 4.69) is 5.10 Å². The van der Waals surface area contributed by atoms with E-state index in [4.69, 9.17) is 0 Å². The summed E-state index contributed by atoms with van der Waals surface area (Å²) in [5, 5.41) is 13.6. The fraction of sp³-hybridized carbons (Fsp3) is 0.286. The first kappa shape index (κ1) is 13.1. The number of hydrogen-bond donors (Lipinski definition) is 1. The molecule has 0 bridgehead atoms. The van der Waals surface area contributed by atoms with Crippen LogP contribution in [0.1, 0.15) is 12.5 Å². The SMILES string of the molecule is CCN(C(=O)Cn1cccn1)c1cc(O)ccc1C. The van der Waals surface area contributed by atoms with Crippen molar-refractivity contribution in [3.05, 3.63) is 42.2 Å². The van der Waals surface area contributed by atoms with Crippen LogP contribution in [0.4, 0.5) is 5.69 Å². The molecule has 2 aromatic rings. The summed E-state index contributed by atoms with van der Waals surface area (Å²) >= 11 is 0. The molecule has 5 nitrogen and oxygen atoms in total. The number of carbonyl (C=O) groups excluding carboxylic acids is 1. The summed E-state index contributed by atoms with van der Waals surface area (Å²) < 4.78 is 1.59. The molecule has 0 saturated carbocycles. The fourth-order valence-corrected chi connectivity index (χ4v) is 1.99. The second kappa shape index (κ2) is 5.56. The van der Waals surface area contributed by atoms with E-state index in [9.17, 15) is 9.90 Å². The molecule has 0 spiro atoms. The third-order valence-corrected chi connectivity index (χ3v) is 2.96. The van der Waals surface area contributed by atoms with Gasteiger partial charge in [0.25, 0.3) is 0 Å². The molecule has 0 atom stereocenters. The zero-order valence-electron chi connectivity index (χ0n) is 11.1. The molecular formula is C14H17N3O2. The molecule has 1 aromatic carbocycles. The molecule has 1 amide bonds. The average molecular weight is 259 g/mol. The van der Waals surface area contributed by atoms with Gasteiger partial charge < -0.3 is 10.0 Å². The standard InChI is InChI=1S/C14H17N3O2/c1-3-17(13-9-12(18)6-5-11(13)2)14(19)10-16-8-4-7-15-16/h4-9,18H,3,10H2,1-2H3. The number of amides is 1. The summed E-state index contributed by atoms with van der Waals surface area (Å²) in [7, 11) is 0. The topological polar surface area (TPSA) is 58.4 Å². The van der Waals surface area contributed by atoms with Crippen LogP contribution in [-0.2, 0) is 11.3 Å². The Bertz CT molecular complexity index is 564. The van der Waals surface area contributed by atoms with Gasteiger partial charge in [-0.05, 0) is 31.5 Å². The van der Waals surface area contributed by atoms with Crippen molar-refractivity contribution in [1.29, 1.82) is 0 Å². The smallest absolute Gasteiger partial charge is 0.248 e. The molecule has 0 unspecified atom stereocenters. The molecule has 0 aliphatic heterocycles. The van der Waals surface area contributed by atoms with Gasteiger partial charge in [-0.15, -0.1) is 0 Å². The molecule has 0 saturated heterocycles. The molecule has 100 valence electrons. The van der Waals surface area contributed by atoms with Crippen LogP contribution in [0, 0.1) is 6.92 Å². The number of benzene rings is 1. The van der Waals surface area contributed by atoms with E-state index in [1.165, 1.54) is 0 Å². The lowest BCUT2D eigenvalue weighted by atomic mass is 10.1. The van der Waals surface area contributed by atoms with Gasteiger partial charge in [0.15, 0.2) is 0 Å². The van der Waals surface area contributed by atoms with Gasteiger partial charge in [0.05, 0.1) is 5.69 Å². The largest absolute Gasteiger partial charge is 0.508 e. The molecule has 1 N–H and O–H groups in total. The quantitative estimate of drug-likeness (QED) is 0.913. The minimum atomic E-state index is -0.0556. The van der Waals surface area contributed by atoms with E-state index < -0.39 is 0 Å². The maximum absolute atomic E-state index is 12.3. The number of phenolic OH excluding ortho intramolecular Hbond substituents is 1. The molecule has 5 heteroatoms. The Morgan fingerprint density at radius 1 is 1.47 bits per heavy atom. The Kier molecular flexibility index (Phi) is 3.85. The van der Waals surface area contributed by atoms with Crippen molar-refractivity contribution in [2.75, 3.05) is 11.4 Å². The van der Waals surface area contributed by atoms with Crippen LogP contribution in [0.5, 0.6) is 5.75 Å². The lowest BCUT2D eigenvalue weighted by molar-refractivity contribution is -0.119. The van der Waals surface area contributed by atoms with Crippen LogP contribution in [0.2, 0.25) is 0 Å². The predicted molar refractivity (Wildman–Crippen MR) is 73.1 cm³/mol. The van der Waals surface area contributed by atoms with Crippen LogP contribution in [0.3, 0.4) is 0 Å². The number of aromatic hydroxyl groups is 1. The van der Waals surface area contributed by atoms with Gasteiger partial charge in [-0.25, -0.2) is 0 Å². The summed E-state index contributed by atoms with van der Waals surface area (Å²) in [4.78, 5) is 13.9. The first-order valence-electron chi connectivity index (χ1n) is 6.19. The number of rotatable bonds is 4. The van der Waals surface area contributed by atoms with Crippen molar-refractivity contribution < 1.29 is 9.90 Å². The molecule has 2 rings (SSSR count). The normalized spacial score (nSPS) is 10.4. The number of phenols is 1. The van der Waals surface area contributed by atoms with Gasteiger partial charge in [0, 0.05) is 25.0 Å². The van der Waals surface area contributed by atoms with E-state index in [-0.39, 0.29) is 18.2 Å². The van der Waals surface area contributed by atoms with E-state index in [0.717, 1.165) is 11.3 Å². The number of aromatic nitrogens is 2. The van der Waals surface area contributed by atoms with Gasteiger partial charge >= 0.3 is 0 Å². The monoisotopic (exact) mass is 259 g/mol. The summed E-state index contributed by atoms with van der Waals surface area (Å²) in [6, 6.07) is 6.81. The van der Waals surface area contributed by atoms with Crippen molar-refractivity contribution in [2.45, 2.75) is 20.4 Å². The highest BCUT2D eigenvalue weighted by atomic mass is 16.3. The summed E-state index contributed by atoms with van der Waals surface area (Å²) in [6.45, 7) is 4.56. The Balaban J connectivity index is 2.24. The Morgan fingerprint density at radius 3 is 2.89 bits per heavy atom. The summed E-state index contributed by atoms with van der Waals surface area (Å²) in [5.74, 6) is 0.103. The molecule has 0 aliphatic carbocycles. The number of aryl methyl sites for hydroxylation is 1. The highest BCUT2D eigenvalue weighted by Gasteiger charge is 2.16. The number of hydrogen-bond acceptors (Lipinski definition) is 3. The number of likely N-dealkylation sites (N-methyl/N-ethyl adjacent to an activating group) is 1. The second-order valence-corrected chi connectivity index (χ2v) is 4.31. The minimum absolute atomic E-state index is 0.0556. The highest BCUT2D eigenvalue weighted by molar-refractivity contribution is 5.94. The number of carbonyl (C=O) groups is 1. The molecule has 0 aliphatic rings. The Labute approximate surface area is 112 Å². The van der Waals surface area contributed by atoms with Crippen molar-refractivity contribution in [2.24, 2.45) is 0 Å². The molecule has 19 heavy (non-hydrogen) atoms. The van der Waals surface area contributed by atoms with E-state index >= 15 is 0 Å². The van der Waals surface area contributed by atoms with Gasteiger partial charge in [0.2, 0.25) is 5.91 Å². The van der Waals surface area contributed by atoms with E-state index in [1.54, 1.807) is 46.2 Å². The number of nitrogens with zero attached hydrogens (tertiary/aromatic N) is 3. The molecule has 1 aromatic heterocycles. The fourth-order valence-electron chi connectivity index (χ4n) is 1.99. The first-order chi connectivity index (χ1) is 9.11. The predicted octanol–water partition coefficient (Wildman–Crippen LogP) is 1.95. The van der Waals surface area contributed by atoms with Crippen LogP contribution < -0.4 is 4.90 Å². The zero-order chi connectivity index (χ0) is 13.8. The lowest BCUT2D eigenvalue weighted by Crippen LogP contribution is -2.34. The van der Waals surface area contributed by atoms with Crippen molar-refractivity contribution in [3.8, 4) is 5.75 Å². The molecule has 0 radical (unpaired) electrons. The average Bonchev–Trinajstić information content (AvgIpc) is 2.87. The minimum Gasteiger partial charge on any atom is -0.508 e. The van der Waals surface area contributed by atoms with Gasteiger partial charge in [-0.1, -0.05) is 6.07 Å². The molecular weight excluding hydrogens is 242 g/mol. The van der Waals surface area contributed by atoms with Crippen LogP contribution in [-0.4, -0.2) is 27.3 Å². The molecule has 1 heterocycles. The third kappa shape index (κ3) is 2.93. The van der Waals surface area contributed by atoms with Crippen LogP contribution in [0.25, 0.3) is 0 Å². The van der Waals surface area contributed by atoms with Crippen molar-refractivity contribution >= 4 is 11.6 Å². The summed E-state index contributed by atoms with van der Waals surface area (Å²) in [6.07, 6.45) is 3.39. The maximum Gasteiger partial charge on any atom is 0.248 e. The van der Waals surface area contributed by atoms with Crippen LogP contribution in [0.15, 0.2) is 36.7 Å². The van der Waals surface area contributed by atoms with E-state index in [1.807, 2.05) is 13.8 Å². The van der Waals surface area contributed by atoms with Crippen LogP contribution >= 0.6 is 0 Å². The first-order valence-corrected chi connectivity index (χ1v) is 6.19. The van der Waals surface area contributed by atoms with E-state index in [0.29, 0.717) is 6.54 Å². The van der Waals surface area contributed by atoms with Gasteiger partial charge in [-0.2, -0.15) is 5.10 Å². The van der Waals surface area contributed by atoms with Gasteiger partial charge in [-0.3, -0.25) is 9.48 Å². The second-order valence-electron chi connectivity index (χ2n) is 4.31. The van der Waals surface area contributed by atoms with Gasteiger partial charge in [0.1, 0.15) is 12.3 Å². The zero-order valence-corrected chi connectivity index (χ0v) is 11.1. The van der Waals surface area contributed by atoms with Crippen molar-refractivity contribution in [1.82, 2.24) is 9.78 Å².